The van der Waals surface area contributed by atoms with Crippen LogP contribution in [0.15, 0.2) is 48.7 Å². The lowest BCUT2D eigenvalue weighted by molar-refractivity contribution is 0.483. The summed E-state index contributed by atoms with van der Waals surface area (Å²) in [5, 5.41) is 8.53. The van der Waals surface area contributed by atoms with Crippen molar-refractivity contribution in [1.29, 1.82) is 0 Å². The van der Waals surface area contributed by atoms with Crippen LogP contribution in [0.2, 0.25) is 5.02 Å². The van der Waals surface area contributed by atoms with E-state index >= 15 is 0 Å². The van der Waals surface area contributed by atoms with Gasteiger partial charge in [0.25, 0.3) is 0 Å². The smallest absolute Gasteiger partial charge is 0.128 e. The first-order valence-electron chi connectivity index (χ1n) is 5.18. The lowest BCUT2D eigenvalue weighted by Gasteiger charge is -2.05. The number of fused-ring (bicyclic) bond motifs is 1. The number of ether oxygens (including phenoxy) is 1. The molecule has 1 aromatic heterocycles. The van der Waals surface area contributed by atoms with Crippen molar-refractivity contribution >= 4 is 22.5 Å². The lowest BCUT2D eigenvalue weighted by atomic mass is 10.2. The molecule has 2 aromatic carbocycles. The van der Waals surface area contributed by atoms with Crippen molar-refractivity contribution in [2.75, 3.05) is 0 Å². The minimum atomic E-state index is 0.659. The van der Waals surface area contributed by atoms with Crippen molar-refractivity contribution in [3.8, 4) is 11.5 Å². The fourth-order valence-corrected chi connectivity index (χ4v) is 1.83. The van der Waals surface area contributed by atoms with E-state index in [9.17, 15) is 0 Å². The minimum absolute atomic E-state index is 0.659. The van der Waals surface area contributed by atoms with Crippen LogP contribution in [0.3, 0.4) is 0 Å². The SMILES string of the molecule is Clc1cccc(Oc2ccc3[nH]ncc3c2)c1. The van der Waals surface area contributed by atoms with E-state index < -0.39 is 0 Å². The molecule has 0 saturated heterocycles. The highest BCUT2D eigenvalue weighted by Gasteiger charge is 2.01. The summed E-state index contributed by atoms with van der Waals surface area (Å²) in [4.78, 5) is 0. The summed E-state index contributed by atoms with van der Waals surface area (Å²) in [6, 6.07) is 13.1. The first-order chi connectivity index (χ1) is 8.31. The molecule has 84 valence electrons. The maximum absolute atomic E-state index is 5.89. The van der Waals surface area contributed by atoms with Crippen LogP contribution in [0.4, 0.5) is 0 Å². The Labute approximate surface area is 103 Å². The van der Waals surface area contributed by atoms with E-state index in [1.807, 2.05) is 36.4 Å². The lowest BCUT2D eigenvalue weighted by Crippen LogP contribution is -1.83. The number of halogens is 1. The Morgan fingerprint density at radius 3 is 2.82 bits per heavy atom. The predicted molar refractivity (Wildman–Crippen MR) is 67.6 cm³/mol. The van der Waals surface area contributed by atoms with Gasteiger partial charge < -0.3 is 4.74 Å². The molecular weight excluding hydrogens is 236 g/mol. The Hall–Kier alpha value is -2.00. The van der Waals surface area contributed by atoms with Gasteiger partial charge in [-0.3, -0.25) is 5.10 Å². The number of aromatic amines is 1. The summed E-state index contributed by atoms with van der Waals surface area (Å²) >= 11 is 5.89. The molecule has 0 fully saturated rings. The van der Waals surface area contributed by atoms with Crippen molar-refractivity contribution < 1.29 is 4.74 Å². The van der Waals surface area contributed by atoms with Crippen LogP contribution < -0.4 is 4.74 Å². The van der Waals surface area contributed by atoms with E-state index in [2.05, 4.69) is 10.2 Å². The Kier molecular flexibility index (Phi) is 2.46. The first kappa shape index (κ1) is 10.2. The fraction of sp³-hybridized carbons (Fsp3) is 0. The van der Waals surface area contributed by atoms with Gasteiger partial charge in [0.05, 0.1) is 11.7 Å². The van der Waals surface area contributed by atoms with Crippen LogP contribution in [0.5, 0.6) is 11.5 Å². The van der Waals surface area contributed by atoms with Crippen molar-refractivity contribution in [2.24, 2.45) is 0 Å². The highest BCUT2D eigenvalue weighted by Crippen LogP contribution is 2.26. The Morgan fingerprint density at radius 2 is 1.94 bits per heavy atom. The van der Waals surface area contributed by atoms with Crippen LogP contribution >= 0.6 is 11.6 Å². The number of nitrogens with one attached hydrogen (secondary N) is 1. The third-order valence-electron chi connectivity index (χ3n) is 2.44. The van der Waals surface area contributed by atoms with Crippen LogP contribution in [0.1, 0.15) is 0 Å². The molecule has 0 atom stereocenters. The molecule has 1 heterocycles. The highest BCUT2D eigenvalue weighted by atomic mass is 35.5. The van der Waals surface area contributed by atoms with Gasteiger partial charge >= 0.3 is 0 Å². The number of hydrogen-bond donors (Lipinski definition) is 1. The number of hydrogen-bond acceptors (Lipinski definition) is 2. The number of aromatic nitrogens is 2. The molecule has 0 aliphatic carbocycles. The van der Waals surface area contributed by atoms with Gasteiger partial charge in [0.15, 0.2) is 0 Å². The van der Waals surface area contributed by atoms with Crippen molar-refractivity contribution in [2.45, 2.75) is 0 Å². The Bertz CT molecular complexity index is 663. The topological polar surface area (TPSA) is 37.9 Å². The second kappa shape index (κ2) is 4.11. The largest absolute Gasteiger partial charge is 0.457 e. The third kappa shape index (κ3) is 2.10. The predicted octanol–water partition coefficient (Wildman–Crippen LogP) is 4.01. The van der Waals surface area contributed by atoms with Crippen LogP contribution in [-0.2, 0) is 0 Å². The minimum Gasteiger partial charge on any atom is -0.457 e. The van der Waals surface area contributed by atoms with Crippen LogP contribution in [-0.4, -0.2) is 10.2 Å². The maximum atomic E-state index is 5.89. The van der Waals surface area contributed by atoms with Gasteiger partial charge in [0.2, 0.25) is 0 Å². The molecule has 3 rings (SSSR count). The zero-order valence-electron chi connectivity index (χ0n) is 8.85. The van der Waals surface area contributed by atoms with E-state index in [-0.39, 0.29) is 0 Å². The maximum Gasteiger partial charge on any atom is 0.128 e. The summed E-state index contributed by atoms with van der Waals surface area (Å²) in [6.45, 7) is 0. The number of rotatable bonds is 2. The highest BCUT2D eigenvalue weighted by molar-refractivity contribution is 6.30. The summed E-state index contributed by atoms with van der Waals surface area (Å²) < 4.78 is 5.71. The Morgan fingerprint density at radius 1 is 1.06 bits per heavy atom. The van der Waals surface area contributed by atoms with E-state index in [4.69, 9.17) is 16.3 Å². The molecule has 0 radical (unpaired) electrons. The van der Waals surface area contributed by atoms with Gasteiger partial charge in [-0.25, -0.2) is 0 Å². The standard InChI is InChI=1S/C13H9ClN2O/c14-10-2-1-3-11(7-10)17-12-4-5-13-9(6-12)8-15-16-13/h1-8H,(H,15,16). The van der Waals surface area contributed by atoms with Gasteiger partial charge in [-0.15, -0.1) is 0 Å². The molecule has 0 bridgehead atoms. The molecule has 3 aromatic rings. The number of nitrogens with zero attached hydrogens (tertiary/aromatic N) is 1. The molecule has 0 amide bonds. The second-order valence-electron chi connectivity index (χ2n) is 3.68. The molecule has 0 aliphatic rings. The third-order valence-corrected chi connectivity index (χ3v) is 2.68. The average Bonchev–Trinajstić information content (AvgIpc) is 2.76. The van der Waals surface area contributed by atoms with E-state index in [0.717, 1.165) is 22.4 Å². The second-order valence-corrected chi connectivity index (χ2v) is 4.11. The van der Waals surface area contributed by atoms with Gasteiger partial charge in [-0.1, -0.05) is 17.7 Å². The summed E-state index contributed by atoms with van der Waals surface area (Å²) in [5.74, 6) is 1.49. The number of H-pyrrole nitrogens is 1. The summed E-state index contributed by atoms with van der Waals surface area (Å²) in [6.07, 6.45) is 1.76. The van der Waals surface area contributed by atoms with E-state index in [0.29, 0.717) is 5.02 Å². The molecule has 0 unspecified atom stereocenters. The average molecular weight is 245 g/mol. The fourth-order valence-electron chi connectivity index (χ4n) is 1.65. The molecule has 0 aliphatic heterocycles. The zero-order valence-corrected chi connectivity index (χ0v) is 9.61. The molecule has 0 saturated carbocycles. The molecule has 3 nitrogen and oxygen atoms in total. The van der Waals surface area contributed by atoms with Gasteiger partial charge in [-0.2, -0.15) is 5.10 Å². The molecule has 1 N–H and O–H groups in total. The van der Waals surface area contributed by atoms with Gasteiger partial charge in [-0.05, 0) is 36.4 Å². The zero-order chi connectivity index (χ0) is 11.7. The molecule has 0 spiro atoms. The quantitative estimate of drug-likeness (QED) is 0.740. The van der Waals surface area contributed by atoms with Crippen LogP contribution in [0, 0.1) is 0 Å². The molecule has 17 heavy (non-hydrogen) atoms. The van der Waals surface area contributed by atoms with Crippen molar-refractivity contribution in [1.82, 2.24) is 10.2 Å². The molecular formula is C13H9ClN2O. The summed E-state index contributed by atoms with van der Waals surface area (Å²) in [7, 11) is 0. The monoisotopic (exact) mass is 244 g/mol. The number of benzene rings is 2. The first-order valence-corrected chi connectivity index (χ1v) is 5.56. The van der Waals surface area contributed by atoms with Gasteiger partial charge in [0.1, 0.15) is 11.5 Å². The van der Waals surface area contributed by atoms with Crippen molar-refractivity contribution in [3.63, 3.8) is 0 Å². The van der Waals surface area contributed by atoms with E-state index in [1.54, 1.807) is 12.3 Å². The normalized spacial score (nSPS) is 10.6. The van der Waals surface area contributed by atoms with Gasteiger partial charge in [0, 0.05) is 10.4 Å². The Balaban J connectivity index is 1.94. The van der Waals surface area contributed by atoms with E-state index in [1.165, 1.54) is 0 Å². The van der Waals surface area contributed by atoms with Crippen LogP contribution in [0.25, 0.3) is 10.9 Å². The molecule has 4 heteroatoms. The summed E-state index contributed by atoms with van der Waals surface area (Å²) in [5.41, 5.74) is 0.989. The van der Waals surface area contributed by atoms with Crippen molar-refractivity contribution in [3.05, 3.63) is 53.7 Å².